The van der Waals surface area contributed by atoms with E-state index in [4.69, 9.17) is 9.47 Å². The molecule has 0 bridgehead atoms. The number of nitrogens with one attached hydrogen (secondary N) is 1. The van der Waals surface area contributed by atoms with Gasteiger partial charge in [-0.15, -0.1) is 0 Å². The first-order chi connectivity index (χ1) is 12.8. The molecule has 0 aliphatic carbocycles. The number of hydrogen-bond acceptors (Lipinski definition) is 5. The molecular formula is C20H20BrN3O2. The van der Waals surface area contributed by atoms with Gasteiger partial charge in [0.1, 0.15) is 6.61 Å². The smallest absolute Gasteiger partial charge is 0.175 e. The third-order valence-corrected chi connectivity index (χ3v) is 4.35. The summed E-state index contributed by atoms with van der Waals surface area (Å²) >= 11 is 3.59. The Morgan fingerprint density at radius 1 is 1.04 bits per heavy atom. The number of rotatable bonds is 8. The van der Waals surface area contributed by atoms with Gasteiger partial charge in [0.25, 0.3) is 0 Å². The molecule has 5 nitrogen and oxygen atoms in total. The van der Waals surface area contributed by atoms with E-state index in [0.717, 1.165) is 21.3 Å². The van der Waals surface area contributed by atoms with E-state index in [1.54, 1.807) is 25.7 Å². The largest absolute Gasteiger partial charge is 0.493 e. The minimum atomic E-state index is 0.431. The highest BCUT2D eigenvalue weighted by Gasteiger charge is 2.12. The summed E-state index contributed by atoms with van der Waals surface area (Å²) < 4.78 is 12.3. The van der Waals surface area contributed by atoms with Gasteiger partial charge in [0.2, 0.25) is 0 Å². The molecule has 0 saturated heterocycles. The zero-order valence-corrected chi connectivity index (χ0v) is 16.1. The van der Waals surface area contributed by atoms with Crippen LogP contribution >= 0.6 is 15.9 Å². The lowest BCUT2D eigenvalue weighted by Crippen LogP contribution is -2.13. The number of ether oxygens (including phenoxy) is 2. The van der Waals surface area contributed by atoms with Crippen molar-refractivity contribution in [3.8, 4) is 11.5 Å². The molecule has 0 spiro atoms. The fourth-order valence-electron chi connectivity index (χ4n) is 2.49. The van der Waals surface area contributed by atoms with E-state index < -0.39 is 0 Å². The summed E-state index contributed by atoms with van der Waals surface area (Å²) in [6, 6.07) is 13.8. The van der Waals surface area contributed by atoms with E-state index in [1.165, 1.54) is 0 Å². The number of aromatic nitrogens is 2. The normalized spacial score (nSPS) is 10.5. The maximum Gasteiger partial charge on any atom is 0.175 e. The molecule has 2 aromatic heterocycles. The van der Waals surface area contributed by atoms with Crippen LogP contribution < -0.4 is 14.8 Å². The third-order valence-electron chi connectivity index (χ3n) is 3.76. The van der Waals surface area contributed by atoms with Crippen molar-refractivity contribution in [2.75, 3.05) is 7.11 Å². The van der Waals surface area contributed by atoms with Gasteiger partial charge in [-0.3, -0.25) is 9.97 Å². The minimum absolute atomic E-state index is 0.431. The number of benzene rings is 1. The molecule has 0 radical (unpaired) electrons. The third kappa shape index (κ3) is 5.03. The van der Waals surface area contributed by atoms with E-state index in [0.29, 0.717) is 31.2 Å². The van der Waals surface area contributed by atoms with Gasteiger partial charge in [0, 0.05) is 37.2 Å². The standard InChI is InChI=1S/C20H20BrN3O2/c1-25-19-10-16(12-23-13-17-6-2-3-8-24-17)9-18(21)20(19)26-14-15-5-4-7-22-11-15/h2-11,23H,12-14H2,1H3. The van der Waals surface area contributed by atoms with Crippen molar-refractivity contribution < 1.29 is 9.47 Å². The molecule has 1 N–H and O–H groups in total. The van der Waals surface area contributed by atoms with Crippen LogP contribution in [0.15, 0.2) is 65.5 Å². The molecule has 0 fully saturated rings. The number of methoxy groups -OCH3 is 1. The molecule has 3 aromatic rings. The summed E-state index contributed by atoms with van der Waals surface area (Å²) in [5.74, 6) is 1.38. The molecule has 0 saturated carbocycles. The second-order valence-corrected chi connectivity index (χ2v) is 6.54. The first-order valence-electron chi connectivity index (χ1n) is 8.25. The van der Waals surface area contributed by atoms with Crippen LogP contribution in [0.3, 0.4) is 0 Å². The number of nitrogens with zero attached hydrogens (tertiary/aromatic N) is 2. The molecule has 0 amide bonds. The first-order valence-corrected chi connectivity index (χ1v) is 9.04. The second-order valence-electron chi connectivity index (χ2n) is 5.68. The minimum Gasteiger partial charge on any atom is -0.493 e. The Morgan fingerprint density at radius 3 is 2.69 bits per heavy atom. The number of pyridine rings is 2. The zero-order valence-electron chi connectivity index (χ0n) is 14.5. The van der Waals surface area contributed by atoms with Gasteiger partial charge in [0.15, 0.2) is 11.5 Å². The first kappa shape index (κ1) is 18.4. The second kappa shape index (κ2) is 9.31. The lowest BCUT2D eigenvalue weighted by Gasteiger charge is -2.15. The Kier molecular flexibility index (Phi) is 6.57. The average Bonchev–Trinajstić information content (AvgIpc) is 2.68. The molecular weight excluding hydrogens is 394 g/mol. The fourth-order valence-corrected chi connectivity index (χ4v) is 3.10. The van der Waals surface area contributed by atoms with Gasteiger partial charge in [-0.1, -0.05) is 12.1 Å². The van der Waals surface area contributed by atoms with E-state index in [2.05, 4.69) is 31.2 Å². The lowest BCUT2D eigenvalue weighted by molar-refractivity contribution is 0.282. The van der Waals surface area contributed by atoms with Gasteiger partial charge in [-0.05, 0) is 51.8 Å². The van der Waals surface area contributed by atoms with Gasteiger partial charge < -0.3 is 14.8 Å². The lowest BCUT2D eigenvalue weighted by atomic mass is 10.2. The molecule has 3 rings (SSSR count). The van der Waals surface area contributed by atoms with Crippen LogP contribution in [-0.2, 0) is 19.7 Å². The van der Waals surface area contributed by atoms with Gasteiger partial charge in [-0.25, -0.2) is 0 Å². The van der Waals surface area contributed by atoms with Crippen molar-refractivity contribution >= 4 is 15.9 Å². The predicted octanol–water partition coefficient (Wildman–Crippen LogP) is 4.12. The Bertz CT molecular complexity index is 829. The monoisotopic (exact) mass is 413 g/mol. The Hall–Kier alpha value is -2.44. The van der Waals surface area contributed by atoms with Gasteiger partial charge >= 0.3 is 0 Å². The van der Waals surface area contributed by atoms with E-state index in [-0.39, 0.29) is 0 Å². The maximum atomic E-state index is 5.93. The quantitative estimate of drug-likeness (QED) is 0.601. The molecule has 0 unspecified atom stereocenters. The van der Waals surface area contributed by atoms with Crippen molar-refractivity contribution in [1.82, 2.24) is 15.3 Å². The van der Waals surface area contributed by atoms with Crippen LogP contribution in [0.2, 0.25) is 0 Å². The summed E-state index contributed by atoms with van der Waals surface area (Å²) in [7, 11) is 1.64. The van der Waals surface area contributed by atoms with Crippen LogP contribution in [0.4, 0.5) is 0 Å². The summed E-state index contributed by atoms with van der Waals surface area (Å²) in [6.07, 6.45) is 5.33. The highest BCUT2D eigenvalue weighted by Crippen LogP contribution is 2.37. The average molecular weight is 414 g/mol. The van der Waals surface area contributed by atoms with Crippen LogP contribution in [0.5, 0.6) is 11.5 Å². The van der Waals surface area contributed by atoms with Crippen molar-refractivity contribution in [3.05, 3.63) is 82.3 Å². The number of hydrogen-bond donors (Lipinski definition) is 1. The van der Waals surface area contributed by atoms with Crippen LogP contribution in [0, 0.1) is 0 Å². The highest BCUT2D eigenvalue weighted by atomic mass is 79.9. The van der Waals surface area contributed by atoms with E-state index in [1.807, 2.05) is 42.5 Å². The van der Waals surface area contributed by atoms with Crippen LogP contribution in [0.1, 0.15) is 16.8 Å². The fraction of sp³-hybridized carbons (Fsp3) is 0.200. The molecule has 134 valence electrons. The molecule has 0 aliphatic rings. The molecule has 1 aromatic carbocycles. The Labute approximate surface area is 161 Å². The van der Waals surface area contributed by atoms with Crippen molar-refractivity contribution in [1.29, 1.82) is 0 Å². The van der Waals surface area contributed by atoms with E-state index in [9.17, 15) is 0 Å². The zero-order chi connectivity index (χ0) is 18.2. The number of halogens is 1. The van der Waals surface area contributed by atoms with Crippen molar-refractivity contribution in [2.45, 2.75) is 19.7 Å². The van der Waals surface area contributed by atoms with Crippen LogP contribution in [-0.4, -0.2) is 17.1 Å². The van der Waals surface area contributed by atoms with Gasteiger partial charge in [-0.2, -0.15) is 0 Å². The summed E-state index contributed by atoms with van der Waals surface area (Å²) in [5.41, 5.74) is 3.11. The summed E-state index contributed by atoms with van der Waals surface area (Å²) in [4.78, 5) is 8.41. The molecule has 0 atom stereocenters. The van der Waals surface area contributed by atoms with Crippen LogP contribution in [0.25, 0.3) is 0 Å². The molecule has 0 aliphatic heterocycles. The van der Waals surface area contributed by atoms with Crippen molar-refractivity contribution in [2.24, 2.45) is 0 Å². The maximum absolute atomic E-state index is 5.93. The van der Waals surface area contributed by atoms with E-state index >= 15 is 0 Å². The molecule has 2 heterocycles. The summed E-state index contributed by atoms with van der Waals surface area (Å²) in [6.45, 7) is 1.84. The molecule has 6 heteroatoms. The molecule has 26 heavy (non-hydrogen) atoms. The van der Waals surface area contributed by atoms with Gasteiger partial charge in [0.05, 0.1) is 17.3 Å². The predicted molar refractivity (Wildman–Crippen MR) is 104 cm³/mol. The Balaban J connectivity index is 1.64. The SMILES string of the molecule is COc1cc(CNCc2ccccn2)cc(Br)c1OCc1cccnc1. The Morgan fingerprint density at radius 2 is 1.96 bits per heavy atom. The highest BCUT2D eigenvalue weighted by molar-refractivity contribution is 9.10. The van der Waals surface area contributed by atoms with Crippen molar-refractivity contribution in [3.63, 3.8) is 0 Å². The topological polar surface area (TPSA) is 56.3 Å². The summed E-state index contributed by atoms with van der Waals surface area (Å²) in [5, 5.41) is 3.39.